The Bertz CT molecular complexity index is 1300. The summed E-state index contributed by atoms with van der Waals surface area (Å²) < 4.78 is 12.9. The Hall–Kier alpha value is -4.40. The smallest absolute Gasteiger partial charge is 0.251 e. The van der Waals surface area contributed by atoms with Gasteiger partial charge in [-0.2, -0.15) is 0 Å². The first-order chi connectivity index (χ1) is 16.6. The van der Waals surface area contributed by atoms with Crippen LogP contribution in [-0.2, 0) is 4.79 Å². The van der Waals surface area contributed by atoms with Crippen LogP contribution in [0.25, 0.3) is 16.9 Å². The van der Waals surface area contributed by atoms with E-state index in [4.69, 9.17) is 9.47 Å². The summed E-state index contributed by atoms with van der Waals surface area (Å²) in [4.78, 5) is 33.6. The molecular formula is C25H25N5O4. The van der Waals surface area contributed by atoms with Crippen LogP contribution in [0.5, 0.6) is 11.5 Å². The van der Waals surface area contributed by atoms with E-state index in [-0.39, 0.29) is 18.4 Å². The van der Waals surface area contributed by atoms with Crippen molar-refractivity contribution in [2.24, 2.45) is 0 Å². The molecule has 4 aromatic rings. The Morgan fingerprint density at radius 3 is 2.50 bits per heavy atom. The van der Waals surface area contributed by atoms with Crippen molar-refractivity contribution < 1.29 is 19.1 Å². The van der Waals surface area contributed by atoms with Gasteiger partial charge < -0.3 is 20.1 Å². The highest BCUT2D eigenvalue weighted by molar-refractivity contribution is 5.99. The molecular weight excluding hydrogens is 434 g/mol. The zero-order valence-corrected chi connectivity index (χ0v) is 18.9. The van der Waals surface area contributed by atoms with Crippen LogP contribution in [0.2, 0.25) is 0 Å². The summed E-state index contributed by atoms with van der Waals surface area (Å²) in [6.45, 7) is 4.46. The molecule has 0 aliphatic carbocycles. The number of ether oxygens (including phenoxy) is 2. The first-order valence-corrected chi connectivity index (χ1v) is 10.9. The predicted octanol–water partition coefficient (Wildman–Crippen LogP) is 3.59. The number of pyridine rings is 1. The number of anilines is 1. The molecule has 34 heavy (non-hydrogen) atoms. The van der Waals surface area contributed by atoms with Gasteiger partial charge in [-0.05, 0) is 56.3 Å². The van der Waals surface area contributed by atoms with Gasteiger partial charge in [0.25, 0.3) is 5.91 Å². The fraction of sp³-hybridized carbons (Fsp3) is 0.200. The lowest BCUT2D eigenvalue weighted by atomic mass is 10.2. The molecule has 0 unspecified atom stereocenters. The number of rotatable bonds is 9. The Labute approximate surface area is 196 Å². The summed E-state index contributed by atoms with van der Waals surface area (Å²) >= 11 is 0. The van der Waals surface area contributed by atoms with Crippen LogP contribution in [0.3, 0.4) is 0 Å². The first kappa shape index (κ1) is 22.8. The van der Waals surface area contributed by atoms with Crippen molar-refractivity contribution in [3.63, 3.8) is 0 Å². The fourth-order valence-electron chi connectivity index (χ4n) is 3.40. The molecule has 9 nitrogen and oxygen atoms in total. The second kappa shape index (κ2) is 10.5. The molecule has 0 fully saturated rings. The van der Waals surface area contributed by atoms with Crippen molar-refractivity contribution in [1.82, 2.24) is 19.9 Å². The van der Waals surface area contributed by atoms with E-state index in [2.05, 4.69) is 20.6 Å². The third-order valence-corrected chi connectivity index (χ3v) is 4.95. The van der Waals surface area contributed by atoms with E-state index in [1.54, 1.807) is 42.9 Å². The first-order valence-electron chi connectivity index (χ1n) is 10.9. The van der Waals surface area contributed by atoms with Crippen LogP contribution >= 0.6 is 0 Å². The van der Waals surface area contributed by atoms with Crippen LogP contribution in [-0.4, -0.2) is 46.1 Å². The third kappa shape index (κ3) is 5.15. The number of benzene rings is 2. The number of hydrogen-bond acceptors (Lipinski definition) is 6. The monoisotopic (exact) mass is 459 g/mol. The van der Waals surface area contributed by atoms with Crippen molar-refractivity contribution in [1.29, 1.82) is 0 Å². The largest absolute Gasteiger partial charge is 0.490 e. The molecule has 2 heterocycles. The molecule has 0 saturated heterocycles. The number of para-hydroxylation sites is 2. The molecule has 4 rings (SSSR count). The highest BCUT2D eigenvalue weighted by Gasteiger charge is 2.13. The van der Waals surface area contributed by atoms with Crippen LogP contribution < -0.4 is 20.1 Å². The van der Waals surface area contributed by atoms with E-state index in [1.165, 1.54) is 0 Å². The normalized spacial score (nSPS) is 10.6. The molecule has 2 amide bonds. The maximum absolute atomic E-state index is 12.5. The minimum atomic E-state index is -0.389. The maximum atomic E-state index is 12.5. The number of fused-ring (bicyclic) bond motifs is 1. The lowest BCUT2D eigenvalue weighted by Crippen LogP contribution is -2.32. The highest BCUT2D eigenvalue weighted by Crippen LogP contribution is 2.28. The van der Waals surface area contributed by atoms with Gasteiger partial charge in [0.2, 0.25) is 5.91 Å². The second-order valence-electron chi connectivity index (χ2n) is 7.27. The van der Waals surface area contributed by atoms with Gasteiger partial charge in [-0.25, -0.2) is 9.97 Å². The Morgan fingerprint density at radius 1 is 0.941 bits per heavy atom. The molecule has 0 bridgehead atoms. The summed E-state index contributed by atoms with van der Waals surface area (Å²) in [6.07, 6.45) is 3.27. The lowest BCUT2D eigenvalue weighted by molar-refractivity contribution is -0.115. The standard InChI is InChI=1S/C25H25N5O4/c1-3-33-21-11-9-17(13-22(21)34-4-2)25(32)27-15-24(31)29-18-10-12-23(26-14-18)30-16-28-19-7-5-6-8-20(19)30/h5-14,16H,3-4,15H2,1-2H3,(H,27,32)(H,29,31). The van der Waals surface area contributed by atoms with Gasteiger partial charge in [0.1, 0.15) is 12.1 Å². The molecule has 0 aliphatic heterocycles. The average molecular weight is 460 g/mol. The SMILES string of the molecule is CCOc1ccc(C(=O)NCC(=O)Nc2ccc(-n3cnc4ccccc43)nc2)cc1OCC. The topological polar surface area (TPSA) is 107 Å². The summed E-state index contributed by atoms with van der Waals surface area (Å²) in [5.41, 5.74) is 2.71. The molecule has 0 spiro atoms. The number of aromatic nitrogens is 3. The Balaban J connectivity index is 1.35. The van der Waals surface area contributed by atoms with Crippen LogP contribution in [0.15, 0.2) is 67.1 Å². The molecule has 2 aromatic heterocycles. The maximum Gasteiger partial charge on any atom is 0.251 e. The molecule has 0 radical (unpaired) electrons. The summed E-state index contributed by atoms with van der Waals surface area (Å²) in [5.74, 6) is 0.976. The van der Waals surface area contributed by atoms with E-state index in [0.29, 0.717) is 41.8 Å². The van der Waals surface area contributed by atoms with Crippen molar-refractivity contribution in [2.45, 2.75) is 13.8 Å². The number of amides is 2. The third-order valence-electron chi connectivity index (χ3n) is 4.95. The molecule has 0 aliphatic rings. The van der Waals surface area contributed by atoms with E-state index >= 15 is 0 Å². The van der Waals surface area contributed by atoms with E-state index in [1.807, 2.05) is 42.7 Å². The number of carbonyl (C=O) groups excluding carboxylic acids is 2. The highest BCUT2D eigenvalue weighted by atomic mass is 16.5. The van der Waals surface area contributed by atoms with Crippen LogP contribution in [0.1, 0.15) is 24.2 Å². The lowest BCUT2D eigenvalue weighted by Gasteiger charge is -2.12. The molecule has 0 saturated carbocycles. The number of carbonyl (C=O) groups is 2. The van der Waals surface area contributed by atoms with E-state index in [9.17, 15) is 9.59 Å². The van der Waals surface area contributed by atoms with Crippen LogP contribution in [0, 0.1) is 0 Å². The average Bonchev–Trinajstić information content (AvgIpc) is 3.29. The second-order valence-corrected chi connectivity index (χ2v) is 7.27. The minimum Gasteiger partial charge on any atom is -0.490 e. The van der Waals surface area contributed by atoms with Gasteiger partial charge in [-0.3, -0.25) is 14.2 Å². The predicted molar refractivity (Wildman–Crippen MR) is 129 cm³/mol. The van der Waals surface area contributed by atoms with Gasteiger partial charge in [0.15, 0.2) is 11.5 Å². The summed E-state index contributed by atoms with van der Waals surface area (Å²) in [6, 6.07) is 16.2. The number of imidazole rings is 1. The Morgan fingerprint density at radius 2 is 1.74 bits per heavy atom. The quantitative estimate of drug-likeness (QED) is 0.396. The summed E-state index contributed by atoms with van der Waals surface area (Å²) in [5, 5.41) is 5.34. The molecule has 2 aromatic carbocycles. The van der Waals surface area contributed by atoms with E-state index in [0.717, 1.165) is 11.0 Å². The fourth-order valence-corrected chi connectivity index (χ4v) is 3.40. The molecule has 0 atom stereocenters. The van der Waals surface area contributed by atoms with Gasteiger partial charge in [-0.15, -0.1) is 0 Å². The van der Waals surface area contributed by atoms with Crippen molar-refractivity contribution in [3.05, 3.63) is 72.7 Å². The number of nitrogens with one attached hydrogen (secondary N) is 2. The molecule has 9 heteroatoms. The zero-order valence-electron chi connectivity index (χ0n) is 18.9. The zero-order chi connectivity index (χ0) is 23.9. The van der Waals surface area contributed by atoms with E-state index < -0.39 is 0 Å². The number of nitrogens with zero attached hydrogens (tertiary/aromatic N) is 3. The van der Waals surface area contributed by atoms with Crippen LogP contribution in [0.4, 0.5) is 5.69 Å². The van der Waals surface area contributed by atoms with Gasteiger partial charge >= 0.3 is 0 Å². The van der Waals surface area contributed by atoms with Crippen molar-refractivity contribution in [2.75, 3.05) is 25.1 Å². The van der Waals surface area contributed by atoms with Crippen molar-refractivity contribution in [3.8, 4) is 17.3 Å². The summed E-state index contributed by atoms with van der Waals surface area (Å²) in [7, 11) is 0. The van der Waals surface area contributed by atoms with Gasteiger partial charge in [-0.1, -0.05) is 12.1 Å². The minimum absolute atomic E-state index is 0.191. The van der Waals surface area contributed by atoms with Crippen molar-refractivity contribution >= 4 is 28.5 Å². The molecule has 174 valence electrons. The number of hydrogen-bond donors (Lipinski definition) is 2. The molecule has 2 N–H and O–H groups in total. The Kier molecular flexibility index (Phi) is 7.02. The van der Waals surface area contributed by atoms with Gasteiger partial charge in [0.05, 0.1) is 42.7 Å². The van der Waals surface area contributed by atoms with Gasteiger partial charge in [0, 0.05) is 5.56 Å².